The fourth-order valence-electron chi connectivity index (χ4n) is 2.72. The molecule has 0 aliphatic rings. The van der Waals surface area contributed by atoms with Crippen LogP contribution in [0.1, 0.15) is 11.1 Å². The molecule has 0 bridgehead atoms. The maximum absolute atomic E-state index is 13.2. The highest BCUT2D eigenvalue weighted by molar-refractivity contribution is 5.65. The van der Waals surface area contributed by atoms with Crippen LogP contribution in [0.3, 0.4) is 0 Å². The van der Waals surface area contributed by atoms with E-state index in [0.29, 0.717) is 18.2 Å². The number of ether oxygens (including phenoxy) is 1. The van der Waals surface area contributed by atoms with Crippen LogP contribution in [0, 0.1) is 12.7 Å². The van der Waals surface area contributed by atoms with Crippen molar-refractivity contribution in [2.24, 2.45) is 0 Å². The molecule has 0 aliphatic carbocycles. The van der Waals surface area contributed by atoms with Crippen molar-refractivity contribution in [3.8, 4) is 22.9 Å². The number of nitrogens with zero attached hydrogens (tertiary/aromatic N) is 3. The monoisotopic (exact) mass is 349 g/mol. The lowest BCUT2D eigenvalue weighted by Crippen LogP contribution is -1.95. The van der Waals surface area contributed by atoms with Gasteiger partial charge in [0, 0.05) is 23.5 Å². The van der Waals surface area contributed by atoms with Gasteiger partial charge in [0.2, 0.25) is 5.88 Å². The van der Waals surface area contributed by atoms with Crippen LogP contribution in [0.2, 0.25) is 0 Å². The molecule has 0 saturated heterocycles. The highest BCUT2D eigenvalue weighted by Crippen LogP contribution is 2.28. The third-order valence-electron chi connectivity index (χ3n) is 4.06. The van der Waals surface area contributed by atoms with E-state index in [-0.39, 0.29) is 5.82 Å². The molecule has 0 fully saturated rings. The van der Waals surface area contributed by atoms with E-state index in [1.54, 1.807) is 29.4 Å². The highest BCUT2D eigenvalue weighted by Gasteiger charge is 2.15. The first kappa shape index (κ1) is 16.1. The minimum absolute atomic E-state index is 0.267. The van der Waals surface area contributed by atoms with E-state index in [2.05, 4.69) is 10.1 Å². The van der Waals surface area contributed by atoms with Gasteiger partial charge in [-0.3, -0.25) is 4.57 Å². The summed E-state index contributed by atoms with van der Waals surface area (Å²) in [6.45, 7) is 2.26. The van der Waals surface area contributed by atoms with Crippen molar-refractivity contribution in [1.29, 1.82) is 0 Å². The van der Waals surface area contributed by atoms with Crippen LogP contribution in [0.4, 0.5) is 4.39 Å². The fraction of sp³-hybridized carbons (Fsp3) is 0.100. The van der Waals surface area contributed by atoms with E-state index in [1.807, 2.05) is 37.3 Å². The number of hydrogen-bond donors (Lipinski definition) is 0. The van der Waals surface area contributed by atoms with Gasteiger partial charge in [-0.1, -0.05) is 17.3 Å². The summed E-state index contributed by atoms with van der Waals surface area (Å²) in [6, 6.07) is 13.9. The zero-order chi connectivity index (χ0) is 17.9. The molecule has 130 valence electrons. The molecule has 0 N–H and O–H groups in total. The van der Waals surface area contributed by atoms with Crippen LogP contribution >= 0.6 is 0 Å². The zero-order valence-corrected chi connectivity index (χ0v) is 14.1. The van der Waals surface area contributed by atoms with Gasteiger partial charge in [-0.25, -0.2) is 9.37 Å². The van der Waals surface area contributed by atoms with Crippen LogP contribution in [0.15, 0.2) is 71.8 Å². The second-order valence-electron chi connectivity index (χ2n) is 5.87. The second kappa shape index (κ2) is 6.84. The minimum Gasteiger partial charge on any atom is -0.489 e. The Morgan fingerprint density at radius 2 is 2.00 bits per heavy atom. The SMILES string of the molecule is Cc1c(-c2ccc(OCc3cccc(F)c3)cc2)noc1-n1ccnc1. The Bertz CT molecular complexity index is 1010. The number of imidazole rings is 1. The Kier molecular flexibility index (Phi) is 4.23. The third kappa shape index (κ3) is 3.21. The predicted molar refractivity (Wildman–Crippen MR) is 94.5 cm³/mol. The van der Waals surface area contributed by atoms with Gasteiger partial charge in [0.15, 0.2) is 0 Å². The van der Waals surface area contributed by atoms with Crippen LogP contribution in [-0.4, -0.2) is 14.7 Å². The summed E-state index contributed by atoms with van der Waals surface area (Å²) < 4.78 is 26.1. The molecular formula is C20H16FN3O2. The van der Waals surface area contributed by atoms with Crippen molar-refractivity contribution in [1.82, 2.24) is 14.7 Å². The van der Waals surface area contributed by atoms with Gasteiger partial charge in [0.05, 0.1) is 0 Å². The first-order chi connectivity index (χ1) is 12.7. The lowest BCUT2D eigenvalue weighted by Gasteiger charge is -2.07. The predicted octanol–water partition coefficient (Wildman–Crippen LogP) is 4.55. The number of hydrogen-bond acceptors (Lipinski definition) is 4. The number of aromatic nitrogens is 3. The van der Waals surface area contributed by atoms with Gasteiger partial charge in [0.25, 0.3) is 0 Å². The standard InChI is InChI=1S/C20H16FN3O2/c1-14-19(23-26-20(14)24-10-9-22-13-24)16-5-7-18(8-6-16)25-12-15-3-2-4-17(21)11-15/h2-11,13H,12H2,1H3. The zero-order valence-electron chi connectivity index (χ0n) is 14.1. The van der Waals surface area contributed by atoms with Gasteiger partial charge >= 0.3 is 0 Å². The summed E-state index contributed by atoms with van der Waals surface area (Å²) in [4.78, 5) is 4.02. The van der Waals surface area contributed by atoms with Crippen LogP contribution in [-0.2, 0) is 6.61 Å². The van der Waals surface area contributed by atoms with Gasteiger partial charge < -0.3 is 9.26 Å². The van der Waals surface area contributed by atoms with Crippen molar-refractivity contribution in [2.45, 2.75) is 13.5 Å². The summed E-state index contributed by atoms with van der Waals surface area (Å²) in [7, 11) is 0. The van der Waals surface area contributed by atoms with Crippen molar-refractivity contribution in [3.63, 3.8) is 0 Å². The van der Waals surface area contributed by atoms with Crippen LogP contribution < -0.4 is 4.74 Å². The topological polar surface area (TPSA) is 53.1 Å². The molecule has 26 heavy (non-hydrogen) atoms. The van der Waals surface area contributed by atoms with Gasteiger partial charge in [-0.2, -0.15) is 0 Å². The summed E-state index contributed by atoms with van der Waals surface area (Å²) in [5.41, 5.74) is 3.41. The molecule has 2 aromatic carbocycles. The highest BCUT2D eigenvalue weighted by atomic mass is 19.1. The molecule has 0 spiro atoms. The number of benzene rings is 2. The average molecular weight is 349 g/mol. The van der Waals surface area contributed by atoms with Crippen LogP contribution in [0.5, 0.6) is 5.75 Å². The molecular weight excluding hydrogens is 333 g/mol. The molecule has 0 saturated carbocycles. The molecule has 0 amide bonds. The normalized spacial score (nSPS) is 10.8. The summed E-state index contributed by atoms with van der Waals surface area (Å²) in [5, 5.41) is 4.17. The first-order valence-corrected chi connectivity index (χ1v) is 8.13. The lowest BCUT2D eigenvalue weighted by atomic mass is 10.1. The van der Waals surface area contributed by atoms with E-state index in [1.165, 1.54) is 12.1 Å². The average Bonchev–Trinajstić information content (AvgIpc) is 3.30. The van der Waals surface area contributed by atoms with Gasteiger partial charge in [-0.15, -0.1) is 0 Å². The molecule has 4 rings (SSSR count). The smallest absolute Gasteiger partial charge is 0.240 e. The largest absolute Gasteiger partial charge is 0.489 e. The fourth-order valence-corrected chi connectivity index (χ4v) is 2.72. The van der Waals surface area contributed by atoms with E-state index < -0.39 is 0 Å². The van der Waals surface area contributed by atoms with E-state index >= 15 is 0 Å². The molecule has 6 heteroatoms. The van der Waals surface area contributed by atoms with Crippen molar-refractivity contribution in [2.75, 3.05) is 0 Å². The quantitative estimate of drug-likeness (QED) is 0.530. The van der Waals surface area contributed by atoms with E-state index in [0.717, 1.165) is 22.4 Å². The summed E-state index contributed by atoms with van der Waals surface area (Å²) in [6.07, 6.45) is 5.16. The molecule has 0 unspecified atom stereocenters. The van der Waals surface area contributed by atoms with E-state index in [4.69, 9.17) is 9.26 Å². The maximum atomic E-state index is 13.2. The maximum Gasteiger partial charge on any atom is 0.240 e. The van der Waals surface area contributed by atoms with Gasteiger partial charge in [0.1, 0.15) is 30.2 Å². The lowest BCUT2D eigenvalue weighted by molar-refractivity contribution is 0.305. The summed E-state index contributed by atoms with van der Waals surface area (Å²) >= 11 is 0. The Morgan fingerprint density at radius 3 is 2.73 bits per heavy atom. The number of rotatable bonds is 5. The Morgan fingerprint density at radius 1 is 1.15 bits per heavy atom. The van der Waals surface area contributed by atoms with Crippen LogP contribution in [0.25, 0.3) is 17.1 Å². The van der Waals surface area contributed by atoms with Crippen molar-refractivity contribution < 1.29 is 13.7 Å². The second-order valence-corrected chi connectivity index (χ2v) is 5.87. The number of halogens is 1. The van der Waals surface area contributed by atoms with Crippen molar-refractivity contribution in [3.05, 3.63) is 84.2 Å². The minimum atomic E-state index is -0.267. The van der Waals surface area contributed by atoms with Gasteiger partial charge in [-0.05, 0) is 48.9 Å². The Hall–Kier alpha value is -3.41. The Labute approximate surface area is 149 Å². The Balaban J connectivity index is 1.50. The molecule has 0 aliphatic heterocycles. The molecule has 0 radical (unpaired) electrons. The molecule has 2 heterocycles. The summed E-state index contributed by atoms with van der Waals surface area (Å²) in [5.74, 6) is 1.08. The molecule has 0 atom stereocenters. The molecule has 2 aromatic heterocycles. The van der Waals surface area contributed by atoms with E-state index in [9.17, 15) is 4.39 Å². The first-order valence-electron chi connectivity index (χ1n) is 8.13. The third-order valence-corrected chi connectivity index (χ3v) is 4.06. The van der Waals surface area contributed by atoms with Crippen molar-refractivity contribution >= 4 is 0 Å². The molecule has 4 aromatic rings. The molecule has 5 nitrogen and oxygen atoms in total.